The Morgan fingerprint density at radius 3 is 1.86 bits per heavy atom. The quantitative estimate of drug-likeness (QED) is 0.0898. The summed E-state index contributed by atoms with van der Waals surface area (Å²) >= 11 is 0. The molecule has 14 heteroatoms. The van der Waals surface area contributed by atoms with Crippen LogP contribution >= 0.6 is 0 Å². The predicted octanol–water partition coefficient (Wildman–Crippen LogP) is -2.83. The summed E-state index contributed by atoms with van der Waals surface area (Å²) in [5.41, 5.74) is 21.4. The Bertz CT molecular complexity index is 762. The molecule has 5 unspecified atom stereocenters. The fraction of sp³-hybridized carbons (Fsp3) is 0.714. The average Bonchev–Trinajstić information content (AvgIpc) is 2.77. The molecule has 0 aromatic rings. The van der Waals surface area contributed by atoms with Crippen LogP contribution in [-0.2, 0) is 28.8 Å². The van der Waals surface area contributed by atoms with Crippen molar-refractivity contribution < 1.29 is 33.9 Å². The summed E-state index contributed by atoms with van der Waals surface area (Å²) < 4.78 is 0. The van der Waals surface area contributed by atoms with Crippen molar-refractivity contribution in [3.8, 4) is 0 Å². The molecule has 0 aliphatic carbocycles. The number of nitrogens with two attached hydrogens (primary N) is 4. The highest BCUT2D eigenvalue weighted by molar-refractivity contribution is 5.95. The fourth-order valence-electron chi connectivity index (χ4n) is 3.11. The van der Waals surface area contributed by atoms with E-state index < -0.39 is 72.0 Å². The number of unbranched alkanes of at least 4 members (excludes halogenated alkanes) is 1. The standard InChI is InChI=1S/C21H39N7O7/c1-3-11(2)17(21(34)35)28-20(33)14(7-8-15(24)29)27-19(32)13(6-4-5-9-22)26-18(31)12(23)10-16(25)30/h11-14,17H,3-10,22-23H2,1-2H3,(H2,24,29)(H2,25,30)(H,26,31)(H,27,32)(H,28,33)(H,34,35). The molecule has 0 bridgehead atoms. The number of primary amides is 2. The van der Waals surface area contributed by atoms with Gasteiger partial charge in [-0.25, -0.2) is 4.79 Å². The van der Waals surface area contributed by atoms with E-state index in [1.54, 1.807) is 13.8 Å². The van der Waals surface area contributed by atoms with Crippen LogP contribution in [0.3, 0.4) is 0 Å². The fourth-order valence-corrected chi connectivity index (χ4v) is 3.11. The Labute approximate surface area is 204 Å². The third kappa shape index (κ3) is 12.7. The highest BCUT2D eigenvalue weighted by Gasteiger charge is 2.32. The number of aliphatic carboxylic acids is 1. The van der Waals surface area contributed by atoms with Gasteiger partial charge < -0.3 is 44.0 Å². The van der Waals surface area contributed by atoms with E-state index in [2.05, 4.69) is 16.0 Å². The van der Waals surface area contributed by atoms with Crippen molar-refractivity contribution in [1.29, 1.82) is 0 Å². The number of carbonyl (C=O) groups excluding carboxylic acids is 5. The lowest BCUT2D eigenvalue weighted by atomic mass is 9.98. The van der Waals surface area contributed by atoms with Crippen LogP contribution < -0.4 is 38.9 Å². The highest BCUT2D eigenvalue weighted by Crippen LogP contribution is 2.10. The summed E-state index contributed by atoms with van der Waals surface area (Å²) in [5, 5.41) is 16.7. The van der Waals surface area contributed by atoms with Crippen molar-refractivity contribution in [3.63, 3.8) is 0 Å². The number of carboxylic acid groups (broad SMARTS) is 1. The summed E-state index contributed by atoms with van der Waals surface area (Å²) in [4.78, 5) is 72.1. The molecule has 5 atom stereocenters. The van der Waals surface area contributed by atoms with Crippen molar-refractivity contribution in [2.75, 3.05) is 6.54 Å². The molecule has 0 heterocycles. The van der Waals surface area contributed by atoms with E-state index in [9.17, 15) is 33.9 Å². The first kappa shape index (κ1) is 31.7. The first-order valence-corrected chi connectivity index (χ1v) is 11.5. The topological polar surface area (TPSA) is 263 Å². The Morgan fingerprint density at radius 1 is 0.829 bits per heavy atom. The molecule has 0 aliphatic rings. The zero-order valence-electron chi connectivity index (χ0n) is 20.2. The molecule has 0 rings (SSSR count). The first-order chi connectivity index (χ1) is 16.3. The Balaban J connectivity index is 5.63. The monoisotopic (exact) mass is 501 g/mol. The minimum absolute atomic E-state index is 0.146. The molecule has 12 N–H and O–H groups in total. The molecule has 0 aliphatic heterocycles. The van der Waals surface area contributed by atoms with Crippen molar-refractivity contribution in [2.24, 2.45) is 28.9 Å². The van der Waals surface area contributed by atoms with Crippen LogP contribution in [0.4, 0.5) is 0 Å². The van der Waals surface area contributed by atoms with Crippen molar-refractivity contribution in [1.82, 2.24) is 16.0 Å². The molecule has 200 valence electrons. The molecule has 35 heavy (non-hydrogen) atoms. The van der Waals surface area contributed by atoms with E-state index in [0.29, 0.717) is 25.8 Å². The smallest absolute Gasteiger partial charge is 0.326 e. The van der Waals surface area contributed by atoms with Gasteiger partial charge in [0.15, 0.2) is 0 Å². The summed E-state index contributed by atoms with van der Waals surface area (Å²) in [6.07, 6.45) is 0.737. The van der Waals surface area contributed by atoms with Gasteiger partial charge in [-0.1, -0.05) is 20.3 Å². The van der Waals surface area contributed by atoms with Crippen LogP contribution in [-0.4, -0.2) is 71.3 Å². The molecule has 0 spiro atoms. The molecule has 0 radical (unpaired) electrons. The van der Waals surface area contributed by atoms with Crippen LogP contribution in [0.1, 0.15) is 58.8 Å². The summed E-state index contributed by atoms with van der Waals surface area (Å²) in [5.74, 6) is -5.54. The number of rotatable bonds is 18. The Morgan fingerprint density at radius 2 is 1.37 bits per heavy atom. The van der Waals surface area contributed by atoms with E-state index in [0.717, 1.165) is 0 Å². The van der Waals surface area contributed by atoms with Gasteiger partial charge in [0.05, 0.1) is 12.5 Å². The van der Waals surface area contributed by atoms with Gasteiger partial charge in [-0.3, -0.25) is 24.0 Å². The second kappa shape index (κ2) is 16.4. The Hall–Kier alpha value is -3.26. The maximum atomic E-state index is 13.0. The lowest BCUT2D eigenvalue weighted by molar-refractivity contribution is -0.144. The first-order valence-electron chi connectivity index (χ1n) is 11.5. The van der Waals surface area contributed by atoms with Gasteiger partial charge >= 0.3 is 5.97 Å². The largest absolute Gasteiger partial charge is 0.480 e. The van der Waals surface area contributed by atoms with Gasteiger partial charge in [0.25, 0.3) is 0 Å². The van der Waals surface area contributed by atoms with E-state index in [1.807, 2.05) is 0 Å². The maximum absolute atomic E-state index is 13.0. The zero-order chi connectivity index (χ0) is 27.1. The van der Waals surface area contributed by atoms with Gasteiger partial charge in [-0.15, -0.1) is 0 Å². The van der Waals surface area contributed by atoms with Gasteiger partial charge in [-0.2, -0.15) is 0 Å². The zero-order valence-corrected chi connectivity index (χ0v) is 20.2. The van der Waals surface area contributed by atoms with Gasteiger partial charge in [0, 0.05) is 6.42 Å². The maximum Gasteiger partial charge on any atom is 0.326 e. The SMILES string of the molecule is CCC(C)C(NC(=O)C(CCC(N)=O)NC(=O)C(CCCCN)NC(=O)C(N)CC(N)=O)C(=O)O. The number of amides is 5. The van der Waals surface area contributed by atoms with E-state index in [-0.39, 0.29) is 19.3 Å². The molecule has 5 amide bonds. The van der Waals surface area contributed by atoms with E-state index in [1.165, 1.54) is 0 Å². The molecule has 0 saturated heterocycles. The van der Waals surface area contributed by atoms with Gasteiger partial charge in [-0.05, 0) is 38.1 Å². The number of nitrogens with one attached hydrogen (secondary N) is 3. The van der Waals surface area contributed by atoms with Gasteiger partial charge in [0.1, 0.15) is 18.1 Å². The molecule has 0 saturated carbocycles. The number of carboxylic acids is 1. The summed E-state index contributed by atoms with van der Waals surface area (Å²) in [6, 6.07) is -4.93. The van der Waals surface area contributed by atoms with Crippen molar-refractivity contribution in [3.05, 3.63) is 0 Å². The van der Waals surface area contributed by atoms with Gasteiger partial charge in [0.2, 0.25) is 29.5 Å². The predicted molar refractivity (Wildman–Crippen MR) is 126 cm³/mol. The highest BCUT2D eigenvalue weighted by atomic mass is 16.4. The summed E-state index contributed by atoms with van der Waals surface area (Å²) in [7, 11) is 0. The van der Waals surface area contributed by atoms with Crippen LogP contribution in [0.25, 0.3) is 0 Å². The van der Waals surface area contributed by atoms with Crippen molar-refractivity contribution in [2.45, 2.75) is 83.0 Å². The normalized spacial score (nSPS) is 15.1. The molecule has 0 aromatic carbocycles. The van der Waals surface area contributed by atoms with E-state index >= 15 is 0 Å². The van der Waals surface area contributed by atoms with Crippen molar-refractivity contribution >= 4 is 35.5 Å². The lowest BCUT2D eigenvalue weighted by Gasteiger charge is -2.26. The third-order valence-electron chi connectivity index (χ3n) is 5.43. The van der Waals surface area contributed by atoms with E-state index in [4.69, 9.17) is 22.9 Å². The number of hydrogen-bond acceptors (Lipinski definition) is 8. The minimum Gasteiger partial charge on any atom is -0.480 e. The molecule has 14 nitrogen and oxygen atoms in total. The number of hydrogen-bond donors (Lipinski definition) is 8. The number of carbonyl (C=O) groups is 6. The van der Waals surface area contributed by atoms with Crippen LogP contribution in [0.15, 0.2) is 0 Å². The third-order valence-corrected chi connectivity index (χ3v) is 5.43. The Kier molecular flexibility index (Phi) is 14.9. The second-order valence-electron chi connectivity index (χ2n) is 8.40. The molecular weight excluding hydrogens is 462 g/mol. The van der Waals surface area contributed by atoms with Crippen LogP contribution in [0.2, 0.25) is 0 Å². The molecular formula is C21H39N7O7. The minimum atomic E-state index is -1.30. The molecule has 0 aromatic heterocycles. The summed E-state index contributed by atoms with van der Waals surface area (Å²) in [6.45, 7) is 3.75. The lowest BCUT2D eigenvalue weighted by Crippen LogP contribution is -2.58. The van der Waals surface area contributed by atoms with Crippen LogP contribution in [0, 0.1) is 5.92 Å². The van der Waals surface area contributed by atoms with Crippen LogP contribution in [0.5, 0.6) is 0 Å². The second-order valence-corrected chi connectivity index (χ2v) is 8.40. The molecule has 0 fully saturated rings. The average molecular weight is 502 g/mol.